The zero-order valence-electron chi connectivity index (χ0n) is 10.5. The van der Waals surface area contributed by atoms with Crippen molar-refractivity contribution in [3.05, 3.63) is 36.5 Å². The number of hydrogen-bond donors (Lipinski definition) is 1. The Kier molecular flexibility index (Phi) is 5.59. The standard InChI is InChI=1S/C14H24O/c1-7-12(5)9-10-13(11(3)4)14(6,15)8-2/h8-9,13,15H,2-3,7,10H2,1,4-6H3/b12-9+. The van der Waals surface area contributed by atoms with E-state index in [1.54, 1.807) is 13.0 Å². The van der Waals surface area contributed by atoms with Crippen molar-refractivity contribution in [2.24, 2.45) is 5.92 Å². The van der Waals surface area contributed by atoms with Gasteiger partial charge >= 0.3 is 0 Å². The molecule has 0 saturated carbocycles. The molecule has 1 nitrogen and oxygen atoms in total. The molecule has 15 heavy (non-hydrogen) atoms. The maximum atomic E-state index is 10.1. The molecular formula is C14H24O. The molecule has 0 spiro atoms. The van der Waals surface area contributed by atoms with Crippen LogP contribution in [0.4, 0.5) is 0 Å². The fourth-order valence-corrected chi connectivity index (χ4v) is 1.54. The van der Waals surface area contributed by atoms with Gasteiger partial charge in [0.25, 0.3) is 0 Å². The van der Waals surface area contributed by atoms with Gasteiger partial charge in [0.15, 0.2) is 0 Å². The van der Waals surface area contributed by atoms with Crippen LogP contribution in [0.1, 0.15) is 40.5 Å². The van der Waals surface area contributed by atoms with Crippen molar-refractivity contribution < 1.29 is 5.11 Å². The Morgan fingerprint density at radius 1 is 1.47 bits per heavy atom. The quantitative estimate of drug-likeness (QED) is 0.657. The summed E-state index contributed by atoms with van der Waals surface area (Å²) in [6.45, 7) is 15.6. The summed E-state index contributed by atoms with van der Waals surface area (Å²) in [6, 6.07) is 0. The molecule has 0 aromatic rings. The van der Waals surface area contributed by atoms with E-state index in [-0.39, 0.29) is 5.92 Å². The molecule has 0 rings (SSSR count). The van der Waals surface area contributed by atoms with E-state index in [1.165, 1.54) is 5.57 Å². The number of hydrogen-bond acceptors (Lipinski definition) is 1. The molecule has 0 fully saturated rings. The average Bonchev–Trinajstić information content (AvgIpc) is 2.16. The Morgan fingerprint density at radius 2 is 2.00 bits per heavy atom. The molecule has 0 radical (unpaired) electrons. The summed E-state index contributed by atoms with van der Waals surface area (Å²) < 4.78 is 0. The normalized spacial score (nSPS) is 18.1. The Labute approximate surface area is 94.2 Å². The molecule has 0 amide bonds. The van der Waals surface area contributed by atoms with Crippen molar-refractivity contribution in [1.29, 1.82) is 0 Å². The minimum absolute atomic E-state index is 0.0523. The number of allylic oxidation sites excluding steroid dienone is 2. The Morgan fingerprint density at radius 3 is 2.33 bits per heavy atom. The summed E-state index contributed by atoms with van der Waals surface area (Å²) in [6.07, 6.45) is 5.66. The highest BCUT2D eigenvalue weighted by Crippen LogP contribution is 2.28. The molecule has 0 aliphatic carbocycles. The highest BCUT2D eigenvalue weighted by atomic mass is 16.3. The maximum Gasteiger partial charge on any atom is 0.0864 e. The molecule has 86 valence electrons. The van der Waals surface area contributed by atoms with Gasteiger partial charge in [-0.05, 0) is 33.6 Å². The smallest absolute Gasteiger partial charge is 0.0864 e. The third kappa shape index (κ3) is 4.48. The van der Waals surface area contributed by atoms with Gasteiger partial charge in [-0.2, -0.15) is 0 Å². The van der Waals surface area contributed by atoms with Crippen molar-refractivity contribution in [1.82, 2.24) is 0 Å². The van der Waals surface area contributed by atoms with E-state index in [9.17, 15) is 5.11 Å². The topological polar surface area (TPSA) is 20.2 Å². The molecule has 0 aliphatic heterocycles. The lowest BCUT2D eigenvalue weighted by atomic mass is 9.81. The van der Waals surface area contributed by atoms with Crippen LogP contribution in [0.2, 0.25) is 0 Å². The molecule has 0 heterocycles. The third-order valence-corrected chi connectivity index (χ3v) is 2.97. The van der Waals surface area contributed by atoms with Crippen molar-refractivity contribution >= 4 is 0 Å². The minimum Gasteiger partial charge on any atom is -0.385 e. The molecular weight excluding hydrogens is 184 g/mol. The lowest BCUT2D eigenvalue weighted by molar-refractivity contribution is 0.0638. The largest absolute Gasteiger partial charge is 0.385 e. The monoisotopic (exact) mass is 208 g/mol. The van der Waals surface area contributed by atoms with Gasteiger partial charge in [0, 0.05) is 5.92 Å². The van der Waals surface area contributed by atoms with Crippen LogP contribution in [0.5, 0.6) is 0 Å². The van der Waals surface area contributed by atoms with Gasteiger partial charge in [-0.15, -0.1) is 6.58 Å². The Hall–Kier alpha value is -0.820. The first kappa shape index (κ1) is 14.2. The van der Waals surface area contributed by atoms with E-state index < -0.39 is 5.60 Å². The average molecular weight is 208 g/mol. The van der Waals surface area contributed by atoms with E-state index in [1.807, 2.05) is 6.92 Å². The van der Waals surface area contributed by atoms with Crippen molar-refractivity contribution in [2.75, 3.05) is 0 Å². The second-order valence-corrected chi connectivity index (χ2v) is 4.47. The number of rotatable bonds is 6. The molecule has 2 atom stereocenters. The zero-order chi connectivity index (χ0) is 12.1. The molecule has 0 aromatic heterocycles. The lowest BCUT2D eigenvalue weighted by Gasteiger charge is -2.30. The van der Waals surface area contributed by atoms with Crippen LogP contribution >= 0.6 is 0 Å². The predicted molar refractivity (Wildman–Crippen MR) is 67.8 cm³/mol. The van der Waals surface area contributed by atoms with Crippen LogP contribution in [0.3, 0.4) is 0 Å². The van der Waals surface area contributed by atoms with E-state index >= 15 is 0 Å². The van der Waals surface area contributed by atoms with E-state index in [0.29, 0.717) is 0 Å². The molecule has 1 heteroatoms. The highest BCUT2D eigenvalue weighted by Gasteiger charge is 2.28. The minimum atomic E-state index is -0.865. The molecule has 1 N–H and O–H groups in total. The van der Waals surface area contributed by atoms with Crippen LogP contribution in [0.25, 0.3) is 0 Å². The lowest BCUT2D eigenvalue weighted by Crippen LogP contribution is -2.32. The highest BCUT2D eigenvalue weighted by molar-refractivity contribution is 5.13. The molecule has 2 unspecified atom stereocenters. The van der Waals surface area contributed by atoms with Crippen LogP contribution in [0.15, 0.2) is 36.5 Å². The zero-order valence-corrected chi connectivity index (χ0v) is 10.5. The first-order chi connectivity index (χ1) is 6.85. The maximum absolute atomic E-state index is 10.1. The van der Waals surface area contributed by atoms with Gasteiger partial charge in [-0.1, -0.05) is 36.8 Å². The van der Waals surface area contributed by atoms with Gasteiger partial charge in [0.1, 0.15) is 0 Å². The van der Waals surface area contributed by atoms with Crippen LogP contribution in [-0.2, 0) is 0 Å². The van der Waals surface area contributed by atoms with Crippen LogP contribution < -0.4 is 0 Å². The SMILES string of the molecule is C=CC(C)(O)C(C/C=C(\C)CC)C(=C)C. The summed E-state index contributed by atoms with van der Waals surface area (Å²) in [5.74, 6) is 0.0523. The van der Waals surface area contributed by atoms with Crippen molar-refractivity contribution in [3.8, 4) is 0 Å². The first-order valence-corrected chi connectivity index (χ1v) is 5.52. The van der Waals surface area contributed by atoms with E-state index in [0.717, 1.165) is 18.4 Å². The van der Waals surface area contributed by atoms with Gasteiger partial charge in [0.2, 0.25) is 0 Å². The second-order valence-electron chi connectivity index (χ2n) is 4.47. The summed E-state index contributed by atoms with van der Waals surface area (Å²) in [7, 11) is 0. The number of aliphatic hydroxyl groups is 1. The van der Waals surface area contributed by atoms with E-state index in [4.69, 9.17) is 0 Å². The van der Waals surface area contributed by atoms with Crippen LogP contribution in [-0.4, -0.2) is 10.7 Å². The first-order valence-electron chi connectivity index (χ1n) is 5.52. The fraction of sp³-hybridized carbons (Fsp3) is 0.571. The molecule has 0 aliphatic rings. The van der Waals surface area contributed by atoms with Gasteiger partial charge in [0.05, 0.1) is 5.60 Å². The predicted octanol–water partition coefficient (Wildman–Crippen LogP) is 3.86. The molecule has 0 saturated heterocycles. The Balaban J connectivity index is 4.71. The second kappa shape index (κ2) is 5.92. The summed E-state index contributed by atoms with van der Waals surface area (Å²) in [4.78, 5) is 0. The summed E-state index contributed by atoms with van der Waals surface area (Å²) in [5.41, 5.74) is 1.48. The van der Waals surface area contributed by atoms with Crippen molar-refractivity contribution in [3.63, 3.8) is 0 Å². The fourth-order valence-electron chi connectivity index (χ4n) is 1.54. The van der Waals surface area contributed by atoms with Gasteiger partial charge < -0.3 is 5.11 Å². The molecule has 0 bridgehead atoms. The summed E-state index contributed by atoms with van der Waals surface area (Å²) in [5, 5.41) is 10.1. The van der Waals surface area contributed by atoms with Crippen molar-refractivity contribution in [2.45, 2.75) is 46.1 Å². The summed E-state index contributed by atoms with van der Waals surface area (Å²) >= 11 is 0. The van der Waals surface area contributed by atoms with Crippen LogP contribution in [0, 0.1) is 5.92 Å². The van der Waals surface area contributed by atoms with Gasteiger partial charge in [-0.3, -0.25) is 0 Å². The Bertz CT molecular complexity index is 259. The third-order valence-electron chi connectivity index (χ3n) is 2.97. The molecule has 0 aromatic carbocycles. The van der Waals surface area contributed by atoms with E-state index in [2.05, 4.69) is 33.1 Å². The van der Waals surface area contributed by atoms with Gasteiger partial charge in [-0.25, -0.2) is 0 Å².